The van der Waals surface area contributed by atoms with E-state index in [0.29, 0.717) is 17.0 Å². The van der Waals surface area contributed by atoms with Crippen LogP contribution >= 0.6 is 0 Å². The number of benzene rings is 2. The molecule has 0 heterocycles. The van der Waals surface area contributed by atoms with Gasteiger partial charge < -0.3 is 14.8 Å². The van der Waals surface area contributed by atoms with Crippen molar-refractivity contribution in [2.45, 2.75) is 32.1 Å². The van der Waals surface area contributed by atoms with Gasteiger partial charge in [-0.25, -0.2) is 4.79 Å². The van der Waals surface area contributed by atoms with E-state index in [0.717, 1.165) is 36.8 Å². The molecule has 29 heavy (non-hydrogen) atoms. The van der Waals surface area contributed by atoms with E-state index >= 15 is 0 Å². The van der Waals surface area contributed by atoms with Crippen LogP contribution in [0.3, 0.4) is 0 Å². The van der Waals surface area contributed by atoms with Crippen LogP contribution in [0.25, 0.3) is 6.08 Å². The predicted octanol–water partition coefficient (Wildman–Crippen LogP) is 5.08. The molecular weight excluding hydrogens is 366 g/mol. The predicted molar refractivity (Wildman–Crippen MR) is 114 cm³/mol. The van der Waals surface area contributed by atoms with Crippen LogP contribution in [0.2, 0.25) is 0 Å². The highest BCUT2D eigenvalue weighted by atomic mass is 16.5. The maximum absolute atomic E-state index is 13.2. The second-order valence-electron chi connectivity index (χ2n) is 7.20. The Morgan fingerprint density at radius 2 is 1.66 bits per heavy atom. The molecule has 1 N–H and O–H groups in total. The molecule has 1 fully saturated rings. The maximum Gasteiger partial charge on any atom is 0.337 e. The van der Waals surface area contributed by atoms with Crippen molar-refractivity contribution in [2.24, 2.45) is 5.92 Å². The summed E-state index contributed by atoms with van der Waals surface area (Å²) in [5.41, 5.74) is 2.79. The van der Waals surface area contributed by atoms with Crippen molar-refractivity contribution in [1.82, 2.24) is 0 Å². The van der Waals surface area contributed by atoms with E-state index in [1.807, 2.05) is 42.5 Å². The number of rotatable bonds is 6. The summed E-state index contributed by atoms with van der Waals surface area (Å²) in [6, 6.07) is 14.5. The third-order valence-electron chi connectivity index (χ3n) is 5.32. The number of hydrogen-bond donors (Lipinski definition) is 1. The summed E-state index contributed by atoms with van der Waals surface area (Å²) < 4.78 is 10.1. The Morgan fingerprint density at radius 1 is 0.966 bits per heavy atom. The zero-order valence-electron chi connectivity index (χ0n) is 16.9. The van der Waals surface area contributed by atoms with Crippen LogP contribution in [0.15, 0.2) is 54.1 Å². The summed E-state index contributed by atoms with van der Waals surface area (Å²) in [6.45, 7) is 0. The van der Waals surface area contributed by atoms with Crippen LogP contribution in [0, 0.1) is 5.92 Å². The Labute approximate surface area is 171 Å². The van der Waals surface area contributed by atoms with E-state index < -0.39 is 0 Å². The van der Waals surface area contributed by atoms with Gasteiger partial charge in [0.15, 0.2) is 0 Å². The van der Waals surface area contributed by atoms with Gasteiger partial charge in [-0.2, -0.15) is 0 Å². The molecule has 0 saturated heterocycles. The molecular formula is C24H27NO4. The minimum absolute atomic E-state index is 0.113. The highest BCUT2D eigenvalue weighted by Crippen LogP contribution is 2.32. The second kappa shape index (κ2) is 9.92. The van der Waals surface area contributed by atoms with Crippen molar-refractivity contribution in [3.05, 3.63) is 65.2 Å². The van der Waals surface area contributed by atoms with E-state index in [4.69, 9.17) is 9.47 Å². The van der Waals surface area contributed by atoms with Gasteiger partial charge in [0.05, 0.1) is 25.5 Å². The molecule has 5 nitrogen and oxygen atoms in total. The average Bonchev–Trinajstić information content (AvgIpc) is 2.78. The third kappa shape index (κ3) is 5.25. The van der Waals surface area contributed by atoms with Crippen molar-refractivity contribution in [2.75, 3.05) is 19.5 Å². The molecule has 1 amide bonds. The number of nitrogens with one attached hydrogen (secondary N) is 1. The van der Waals surface area contributed by atoms with Crippen molar-refractivity contribution in [1.29, 1.82) is 0 Å². The molecule has 3 rings (SSSR count). The smallest absolute Gasteiger partial charge is 0.337 e. The van der Waals surface area contributed by atoms with E-state index in [2.05, 4.69) is 5.32 Å². The van der Waals surface area contributed by atoms with Gasteiger partial charge in [0.25, 0.3) is 5.91 Å². The molecule has 1 aliphatic rings. The fraction of sp³-hybridized carbons (Fsp3) is 0.333. The molecule has 0 spiro atoms. The standard InChI is InChI=1S/C24H27NO4/c1-28-22-11-7-6-10-21(22)25-23(26)20(18-8-4-3-5-9-18)16-17-12-14-19(15-13-17)24(27)29-2/h6-7,10-16,18H,3-5,8-9H2,1-2H3,(H,25,26)/b20-16-. The highest BCUT2D eigenvalue weighted by Gasteiger charge is 2.24. The topological polar surface area (TPSA) is 64.6 Å². The van der Waals surface area contributed by atoms with Crippen LogP contribution in [0.4, 0.5) is 5.69 Å². The van der Waals surface area contributed by atoms with Crippen molar-refractivity contribution < 1.29 is 19.1 Å². The van der Waals surface area contributed by atoms with Gasteiger partial charge in [0.1, 0.15) is 5.75 Å². The van der Waals surface area contributed by atoms with Crippen molar-refractivity contribution in [3.63, 3.8) is 0 Å². The number of carbonyl (C=O) groups excluding carboxylic acids is 2. The normalized spacial score (nSPS) is 14.9. The Morgan fingerprint density at radius 3 is 2.31 bits per heavy atom. The van der Waals surface area contributed by atoms with Crippen molar-refractivity contribution >= 4 is 23.6 Å². The lowest BCUT2D eigenvalue weighted by Crippen LogP contribution is -2.22. The number of para-hydroxylation sites is 2. The maximum atomic E-state index is 13.2. The monoisotopic (exact) mass is 393 g/mol. The van der Waals surface area contributed by atoms with E-state index in [9.17, 15) is 9.59 Å². The largest absolute Gasteiger partial charge is 0.495 e. The summed E-state index contributed by atoms with van der Waals surface area (Å²) in [5.74, 6) is 0.366. The molecule has 1 aliphatic carbocycles. The van der Waals surface area contributed by atoms with Crippen LogP contribution in [0.1, 0.15) is 48.0 Å². The minimum Gasteiger partial charge on any atom is -0.495 e. The molecule has 0 radical (unpaired) electrons. The third-order valence-corrected chi connectivity index (χ3v) is 5.32. The molecule has 0 aliphatic heterocycles. The Bertz CT molecular complexity index is 880. The van der Waals surface area contributed by atoms with E-state index in [-0.39, 0.29) is 17.8 Å². The molecule has 0 unspecified atom stereocenters. The number of carbonyl (C=O) groups is 2. The lowest BCUT2D eigenvalue weighted by molar-refractivity contribution is -0.113. The van der Waals surface area contributed by atoms with Crippen LogP contribution in [0.5, 0.6) is 5.75 Å². The number of ether oxygens (including phenoxy) is 2. The van der Waals surface area contributed by atoms with Gasteiger partial charge in [-0.15, -0.1) is 0 Å². The lowest BCUT2D eigenvalue weighted by atomic mass is 9.82. The number of esters is 1. The Hall–Kier alpha value is -3.08. The summed E-state index contributed by atoms with van der Waals surface area (Å²) in [5, 5.41) is 3.01. The average molecular weight is 393 g/mol. The summed E-state index contributed by atoms with van der Waals surface area (Å²) >= 11 is 0. The number of methoxy groups -OCH3 is 2. The molecule has 0 bridgehead atoms. The van der Waals surface area contributed by atoms with Gasteiger partial charge in [-0.05, 0) is 54.7 Å². The zero-order chi connectivity index (χ0) is 20.6. The molecule has 0 aromatic heterocycles. The first-order valence-corrected chi connectivity index (χ1v) is 9.96. The summed E-state index contributed by atoms with van der Waals surface area (Å²) in [6.07, 6.45) is 7.42. The van der Waals surface area contributed by atoms with Crippen LogP contribution in [-0.4, -0.2) is 26.1 Å². The molecule has 2 aromatic carbocycles. The summed E-state index contributed by atoms with van der Waals surface area (Å²) in [4.78, 5) is 24.8. The van der Waals surface area contributed by atoms with E-state index in [1.54, 1.807) is 19.2 Å². The highest BCUT2D eigenvalue weighted by molar-refractivity contribution is 6.07. The number of anilines is 1. The number of amides is 1. The lowest BCUT2D eigenvalue weighted by Gasteiger charge is -2.24. The first-order chi connectivity index (χ1) is 14.1. The van der Waals surface area contributed by atoms with Crippen LogP contribution in [-0.2, 0) is 9.53 Å². The van der Waals surface area contributed by atoms with Gasteiger partial charge >= 0.3 is 5.97 Å². The number of hydrogen-bond acceptors (Lipinski definition) is 4. The second-order valence-corrected chi connectivity index (χ2v) is 7.20. The molecule has 152 valence electrons. The summed E-state index contributed by atoms with van der Waals surface area (Å²) in [7, 11) is 2.95. The van der Waals surface area contributed by atoms with Gasteiger partial charge in [0, 0.05) is 5.57 Å². The van der Waals surface area contributed by atoms with Gasteiger partial charge in [-0.3, -0.25) is 4.79 Å². The first-order valence-electron chi connectivity index (χ1n) is 9.96. The Kier molecular flexibility index (Phi) is 7.06. The van der Waals surface area contributed by atoms with Gasteiger partial charge in [0.2, 0.25) is 0 Å². The Balaban J connectivity index is 1.88. The molecule has 1 saturated carbocycles. The zero-order valence-corrected chi connectivity index (χ0v) is 16.9. The molecule has 0 atom stereocenters. The molecule has 2 aromatic rings. The molecule has 5 heteroatoms. The minimum atomic E-state index is -0.373. The van der Waals surface area contributed by atoms with E-state index in [1.165, 1.54) is 13.5 Å². The quantitative estimate of drug-likeness (QED) is 0.549. The van der Waals surface area contributed by atoms with Gasteiger partial charge in [-0.1, -0.05) is 43.5 Å². The fourth-order valence-corrected chi connectivity index (χ4v) is 3.74. The SMILES string of the molecule is COC(=O)c1ccc(/C=C(\C(=O)Nc2ccccc2OC)C2CCCCC2)cc1. The first kappa shape index (κ1) is 20.6. The van der Waals surface area contributed by atoms with Crippen LogP contribution < -0.4 is 10.1 Å². The van der Waals surface area contributed by atoms with Crippen molar-refractivity contribution in [3.8, 4) is 5.75 Å². The fourth-order valence-electron chi connectivity index (χ4n) is 3.74.